The molecule has 0 aliphatic carbocycles. The van der Waals surface area contributed by atoms with Crippen molar-refractivity contribution in [3.05, 3.63) is 0 Å². The van der Waals surface area contributed by atoms with Gasteiger partial charge in [-0.3, -0.25) is 0 Å². The Labute approximate surface area is 84.5 Å². The van der Waals surface area contributed by atoms with Gasteiger partial charge in [-0.1, -0.05) is 13.8 Å². The number of hydrogen-bond donors (Lipinski definition) is 1. The van der Waals surface area contributed by atoms with Crippen LogP contribution >= 0.6 is 0 Å². The van der Waals surface area contributed by atoms with Gasteiger partial charge in [0.05, 0.1) is 6.61 Å². The Morgan fingerprint density at radius 3 is 2.38 bits per heavy atom. The highest BCUT2D eigenvalue weighted by Crippen LogP contribution is 1.79. The van der Waals surface area contributed by atoms with Crippen LogP contribution in [0.5, 0.6) is 0 Å². The van der Waals surface area contributed by atoms with Gasteiger partial charge in [0.25, 0.3) is 0 Å². The number of hydrogen-bond acceptors (Lipinski definition) is 2. The van der Waals surface area contributed by atoms with Crippen LogP contribution in [0, 0.1) is 11.8 Å². The van der Waals surface area contributed by atoms with Crippen molar-refractivity contribution < 1.29 is 6.16 Å². The summed E-state index contributed by atoms with van der Waals surface area (Å²) in [4.78, 5) is 0. The summed E-state index contributed by atoms with van der Waals surface area (Å²) >= 11 is 0. The van der Waals surface area contributed by atoms with Gasteiger partial charge < -0.3 is 10.1 Å². The van der Waals surface area contributed by atoms with Crippen molar-refractivity contribution in [1.29, 1.82) is 0 Å². The van der Waals surface area contributed by atoms with Gasteiger partial charge >= 0.3 is 0 Å². The van der Waals surface area contributed by atoms with Gasteiger partial charge in [0.1, 0.15) is 0 Å². The van der Waals surface area contributed by atoms with Crippen molar-refractivity contribution in [3.63, 3.8) is 0 Å². The summed E-state index contributed by atoms with van der Waals surface area (Å²) in [6.07, 6.45) is 1.79. The molecule has 0 heterocycles. The van der Waals surface area contributed by atoms with Crippen molar-refractivity contribution in [1.82, 2.24) is 5.32 Å². The van der Waals surface area contributed by atoms with Gasteiger partial charge in [-0.25, -0.2) is 0 Å². The highest BCUT2D eigenvalue weighted by atomic mass is 16.5. The molecule has 0 aliphatic heterocycles. The lowest BCUT2D eigenvalue weighted by molar-refractivity contribution is 0.154. The van der Waals surface area contributed by atoms with E-state index in [1.54, 1.807) is 0 Å². The average molecular weight is 187 g/mol. The first-order valence-corrected chi connectivity index (χ1v) is 5.10. The minimum atomic E-state index is 0. The molecule has 1 N–H and O–H groups in total. The SMILES string of the molecule is CC.CCOCCC#CCCNC.[HH]. The molecule has 0 unspecified atom stereocenters. The van der Waals surface area contributed by atoms with Crippen molar-refractivity contribution in [3.8, 4) is 11.8 Å². The summed E-state index contributed by atoms with van der Waals surface area (Å²) in [5, 5.41) is 3.04. The molecule has 0 rings (SSSR count). The fraction of sp³-hybridized carbons (Fsp3) is 0.818. The Morgan fingerprint density at radius 2 is 1.85 bits per heavy atom. The predicted molar refractivity (Wildman–Crippen MR) is 60.9 cm³/mol. The van der Waals surface area contributed by atoms with E-state index in [9.17, 15) is 0 Å². The molecule has 0 spiro atoms. The molecule has 13 heavy (non-hydrogen) atoms. The molecule has 80 valence electrons. The quantitative estimate of drug-likeness (QED) is 0.527. The van der Waals surface area contributed by atoms with Gasteiger partial charge in [-0.05, 0) is 14.0 Å². The van der Waals surface area contributed by atoms with Gasteiger partial charge in [0, 0.05) is 27.4 Å². The minimum Gasteiger partial charge on any atom is -0.381 e. The van der Waals surface area contributed by atoms with Crippen LogP contribution in [0.25, 0.3) is 0 Å². The predicted octanol–water partition coefficient (Wildman–Crippen LogP) is 2.30. The first-order valence-electron chi connectivity index (χ1n) is 5.10. The Balaban J connectivity index is -0.000000376. The molecule has 0 aliphatic rings. The Hall–Kier alpha value is -0.520. The van der Waals surface area contributed by atoms with Crippen LogP contribution in [0.15, 0.2) is 0 Å². The minimum absolute atomic E-state index is 0. The monoisotopic (exact) mass is 187 g/mol. The van der Waals surface area contributed by atoms with Crippen molar-refractivity contribution in [2.45, 2.75) is 33.6 Å². The molecule has 2 heteroatoms. The number of ether oxygens (including phenoxy) is 1. The summed E-state index contributed by atoms with van der Waals surface area (Å²) in [6.45, 7) is 8.53. The third kappa shape index (κ3) is 18.4. The summed E-state index contributed by atoms with van der Waals surface area (Å²) in [5.41, 5.74) is 0. The van der Waals surface area contributed by atoms with Crippen LogP contribution in [0.3, 0.4) is 0 Å². The van der Waals surface area contributed by atoms with Crippen LogP contribution in [-0.4, -0.2) is 26.8 Å². The molecule has 0 radical (unpaired) electrons. The highest BCUT2D eigenvalue weighted by molar-refractivity contribution is 4.98. The lowest BCUT2D eigenvalue weighted by atomic mass is 10.4. The second-order valence-electron chi connectivity index (χ2n) is 2.15. The van der Waals surface area contributed by atoms with Gasteiger partial charge in [-0.15, -0.1) is 11.8 Å². The van der Waals surface area contributed by atoms with E-state index in [0.29, 0.717) is 0 Å². The fourth-order valence-corrected chi connectivity index (χ4v) is 0.632. The standard InChI is InChI=1S/C9H17NO.C2H6.H2/c1-3-11-9-7-5-4-6-8-10-2;1-2;/h10H,3,6-9H2,1-2H3;1-2H3;1H. The molecule has 0 saturated heterocycles. The Kier molecular flexibility index (Phi) is 20.2. The summed E-state index contributed by atoms with van der Waals surface area (Å²) < 4.78 is 5.12. The zero-order valence-corrected chi connectivity index (χ0v) is 9.44. The third-order valence-corrected chi connectivity index (χ3v) is 1.20. The summed E-state index contributed by atoms with van der Waals surface area (Å²) in [6, 6.07) is 0. The molecule has 0 aromatic heterocycles. The molecule has 0 fully saturated rings. The molecule has 0 bridgehead atoms. The maximum atomic E-state index is 5.12. The van der Waals surface area contributed by atoms with Gasteiger partial charge in [-0.2, -0.15) is 0 Å². The second-order valence-corrected chi connectivity index (χ2v) is 2.15. The summed E-state index contributed by atoms with van der Waals surface area (Å²) in [5.74, 6) is 6.09. The van der Waals surface area contributed by atoms with Gasteiger partial charge in [0.2, 0.25) is 0 Å². The van der Waals surface area contributed by atoms with Crippen molar-refractivity contribution in [2.24, 2.45) is 0 Å². The molecule has 0 aromatic carbocycles. The maximum absolute atomic E-state index is 5.12. The maximum Gasteiger partial charge on any atom is 0.0575 e. The highest BCUT2D eigenvalue weighted by Gasteiger charge is 1.78. The zero-order chi connectivity index (χ0) is 10.4. The first-order chi connectivity index (χ1) is 6.41. The first kappa shape index (κ1) is 15.0. The molecule has 0 saturated carbocycles. The van der Waals surface area contributed by atoms with E-state index in [1.165, 1.54) is 0 Å². The van der Waals surface area contributed by atoms with E-state index in [4.69, 9.17) is 4.74 Å². The van der Waals surface area contributed by atoms with E-state index in [1.807, 2.05) is 27.8 Å². The molecule has 0 amide bonds. The van der Waals surface area contributed by atoms with Crippen LogP contribution in [0.4, 0.5) is 0 Å². The van der Waals surface area contributed by atoms with Crippen molar-refractivity contribution >= 4 is 0 Å². The lowest BCUT2D eigenvalue weighted by Gasteiger charge is -1.92. The fourth-order valence-electron chi connectivity index (χ4n) is 0.632. The average Bonchev–Trinajstić information content (AvgIpc) is 2.20. The van der Waals surface area contributed by atoms with Crippen LogP contribution < -0.4 is 5.32 Å². The topological polar surface area (TPSA) is 21.3 Å². The van der Waals surface area contributed by atoms with Crippen LogP contribution in [-0.2, 0) is 4.74 Å². The van der Waals surface area contributed by atoms with E-state index in [0.717, 1.165) is 32.6 Å². The van der Waals surface area contributed by atoms with E-state index < -0.39 is 0 Å². The zero-order valence-electron chi connectivity index (χ0n) is 9.44. The smallest absolute Gasteiger partial charge is 0.0575 e. The van der Waals surface area contributed by atoms with Gasteiger partial charge in [0.15, 0.2) is 0 Å². The molecule has 2 nitrogen and oxygen atoms in total. The lowest BCUT2D eigenvalue weighted by Crippen LogP contribution is -2.05. The molecule has 0 aromatic rings. The van der Waals surface area contributed by atoms with Crippen LogP contribution in [0.2, 0.25) is 0 Å². The Morgan fingerprint density at radius 1 is 1.23 bits per heavy atom. The largest absolute Gasteiger partial charge is 0.381 e. The third-order valence-electron chi connectivity index (χ3n) is 1.20. The molecule has 0 atom stereocenters. The van der Waals surface area contributed by atoms with E-state index in [2.05, 4.69) is 17.2 Å². The van der Waals surface area contributed by atoms with Crippen molar-refractivity contribution in [2.75, 3.05) is 26.8 Å². The number of rotatable bonds is 5. The second kappa shape index (κ2) is 17.5. The summed E-state index contributed by atoms with van der Waals surface area (Å²) in [7, 11) is 1.93. The molecular weight excluding hydrogens is 162 g/mol. The van der Waals surface area contributed by atoms with E-state index >= 15 is 0 Å². The van der Waals surface area contributed by atoms with E-state index in [-0.39, 0.29) is 1.43 Å². The Bertz CT molecular complexity index is 129. The van der Waals surface area contributed by atoms with Crippen LogP contribution in [0.1, 0.15) is 35.0 Å². The molecular formula is C11H25NO. The normalized spacial score (nSPS) is 8.00. The number of nitrogens with one attached hydrogen (secondary N) is 1.